The van der Waals surface area contributed by atoms with Crippen LogP contribution in [0.3, 0.4) is 0 Å². The van der Waals surface area contributed by atoms with Crippen molar-refractivity contribution in [2.45, 2.75) is 369 Å². The molecule has 0 nitrogen and oxygen atoms in total. The average Bonchev–Trinajstić information content (AvgIpc) is 3.15. The molecule has 0 fully saturated rings. The third-order valence-electron chi connectivity index (χ3n) is 12.1. The van der Waals surface area contributed by atoms with Crippen molar-refractivity contribution in [1.29, 1.82) is 0 Å². The molecule has 0 aliphatic heterocycles. The minimum absolute atomic E-state index is 0.437. The van der Waals surface area contributed by atoms with Gasteiger partial charge in [-0.2, -0.15) is 0 Å². The number of hydrogen-bond acceptors (Lipinski definition) is 0. The molecular weight excluding hydrogens is 817 g/mol. The van der Waals surface area contributed by atoms with Crippen LogP contribution in [0.15, 0.2) is 0 Å². The van der Waals surface area contributed by atoms with Crippen molar-refractivity contribution < 1.29 is 21.9 Å². The highest BCUT2D eigenvalue weighted by molar-refractivity contribution is 4.77. The Kier molecular flexibility index (Phi) is 51.6. The van der Waals surface area contributed by atoms with Gasteiger partial charge in [0, 0.05) is 21.9 Å². The van der Waals surface area contributed by atoms with Crippen molar-refractivity contribution in [3.8, 4) is 0 Å². The van der Waals surface area contributed by atoms with E-state index in [0.29, 0.717) is 45.3 Å². The van der Waals surface area contributed by atoms with E-state index in [0.717, 1.165) is 23.7 Å². The molecule has 0 rings (SSSR count). The molecule has 0 radical (unpaired) electrons. The molecule has 0 aliphatic carbocycles. The Morgan fingerprint density at radius 3 is 0.426 bits per heavy atom. The van der Waals surface area contributed by atoms with Crippen LogP contribution >= 0.6 is 0 Å². The lowest BCUT2D eigenvalue weighted by Crippen LogP contribution is -2.25. The summed E-state index contributed by atoms with van der Waals surface area (Å²) in [4.78, 5) is 0. The standard InChI is InChI=1S/C8H18.2C7H16.4C6H14.2C5H12.3C4H10/c1-7(2,3)8(4,5)6;2*1-6(2)7(3,4)5;2*1-5-6(2,3)4;2*1-5(2)6(3)4;2*1-4-5(2)3;3*1-3-4-2/h1-6H3;2*6H,1-5H3;2*5H2,1-4H3;2*5-6H,1-4H3;2*5H,4H2,1-3H3;3*3-4H2,1-2H3/i;;;;;5D,6D;;2*4D2,5D;3D2,4D2;2*3D2. The molecule has 0 amide bonds. The maximum Gasteiger partial charge on any atom is 0.0300 e. The van der Waals surface area contributed by atoms with Crippen molar-refractivity contribution in [2.75, 3.05) is 0 Å². The zero-order valence-corrected chi connectivity index (χ0v) is 57.1. The zero-order chi connectivity index (χ0) is 73.1. The first-order valence-corrected chi connectivity index (χ1v) is 27.0. The van der Waals surface area contributed by atoms with Crippen LogP contribution in [0.4, 0.5) is 0 Å². The lowest BCUT2D eigenvalue weighted by molar-refractivity contribution is 0.157. The van der Waals surface area contributed by atoms with Crippen molar-refractivity contribution in [2.24, 2.45) is 79.7 Å². The molecule has 0 heterocycles. The minimum Gasteiger partial charge on any atom is -0.0654 e. The van der Waals surface area contributed by atoms with Gasteiger partial charge in [-0.05, 0) is 79.7 Å². The van der Waals surface area contributed by atoms with Gasteiger partial charge in [-0.3, -0.25) is 0 Å². The van der Waals surface area contributed by atoms with Gasteiger partial charge in [-0.1, -0.05) is 369 Å². The number of rotatable bonds is 7. The Hall–Kier alpha value is 0. The largest absolute Gasteiger partial charge is 0.0654 e. The fraction of sp³-hybridized carbons (Fsp3) is 1.00. The predicted octanol–water partition coefficient (Wildman–Crippen LogP) is 27.5. The molecule has 0 aliphatic rings. The summed E-state index contributed by atoms with van der Waals surface area (Å²) in [6, 6.07) is 0. The Balaban J connectivity index is -0.0000000675. The van der Waals surface area contributed by atoms with Crippen LogP contribution in [-0.2, 0) is 0 Å². The summed E-state index contributed by atoms with van der Waals surface area (Å²) in [7, 11) is 0. The lowest BCUT2D eigenvalue weighted by Gasteiger charge is -2.34. The second kappa shape index (κ2) is 59.6. The van der Waals surface area contributed by atoms with Crippen LogP contribution in [0, 0.1) is 79.7 Å². The van der Waals surface area contributed by atoms with Crippen molar-refractivity contribution in [3.63, 3.8) is 0 Å². The van der Waals surface area contributed by atoms with E-state index >= 15 is 0 Å². The van der Waals surface area contributed by atoms with E-state index in [1.807, 2.05) is 13.8 Å². The molecule has 432 valence electrons. The van der Waals surface area contributed by atoms with E-state index in [2.05, 4.69) is 194 Å². The van der Waals surface area contributed by atoms with Gasteiger partial charge in [0.25, 0.3) is 0 Å². The molecule has 0 aromatic heterocycles. The smallest absolute Gasteiger partial charge is 0.0300 e. The first-order valence-electron chi connectivity index (χ1n) is 35.0. The highest BCUT2D eigenvalue weighted by atomic mass is 14.3. The molecular formula is C68H160. The molecule has 0 bridgehead atoms. The average molecular weight is 994 g/mol. The summed E-state index contributed by atoms with van der Waals surface area (Å²) in [5.74, 6) is 0.0509. The monoisotopic (exact) mass is 993 g/mol. The molecule has 0 atom stereocenters. The molecule has 68 heavy (non-hydrogen) atoms. The Bertz CT molecular complexity index is 1140. The highest BCUT2D eigenvalue weighted by Gasteiger charge is 2.27. The summed E-state index contributed by atoms with van der Waals surface area (Å²) < 4.78 is 112. The highest BCUT2D eigenvalue weighted by Crippen LogP contribution is 2.36. The van der Waals surface area contributed by atoms with E-state index in [1.54, 1.807) is 69.2 Å². The third kappa shape index (κ3) is 158. The SMILES string of the molecule is CC(C)(C)C(C)(C)C.CC(C)C(C)(C)C.CC(C)C(C)(C)C.CC(C)C(C)C.CCC(C)(C)C.CCC(C)(C)C.[2H]C(C)(C)C([2H])(C)C.[2H]C([2H])(C)C([2H])(C)C.[2H]C([2H])(C)C([2H])(C)C.[2H]C([2H])(C)C([2H])([2H])C.[2H]C([2H])(C)CC.[2H]C([2H])(C)CC. The van der Waals surface area contributed by atoms with Gasteiger partial charge in [-0.15, -0.1) is 0 Å². The van der Waals surface area contributed by atoms with Crippen LogP contribution in [0.1, 0.15) is 390 Å². The summed E-state index contributed by atoms with van der Waals surface area (Å²) in [5, 5.41) is 0. The van der Waals surface area contributed by atoms with Gasteiger partial charge in [0.2, 0.25) is 0 Å². The molecule has 0 saturated carbocycles. The normalized spacial score (nSPS) is 16.5. The van der Waals surface area contributed by atoms with E-state index < -0.39 is 61.8 Å². The van der Waals surface area contributed by atoms with Gasteiger partial charge in [0.1, 0.15) is 0 Å². The maximum atomic E-state index is 7.40. The van der Waals surface area contributed by atoms with Gasteiger partial charge in [0.15, 0.2) is 0 Å². The quantitative estimate of drug-likeness (QED) is 0.238. The molecule has 0 spiro atoms. The van der Waals surface area contributed by atoms with Crippen molar-refractivity contribution in [1.82, 2.24) is 0 Å². The Morgan fingerprint density at radius 1 is 0.309 bits per heavy atom. The van der Waals surface area contributed by atoms with E-state index in [1.165, 1.54) is 40.5 Å². The molecule has 0 N–H and O–H groups in total. The van der Waals surface area contributed by atoms with E-state index in [9.17, 15) is 0 Å². The van der Waals surface area contributed by atoms with E-state index in [-0.39, 0.29) is 0 Å². The van der Waals surface area contributed by atoms with Crippen LogP contribution in [0.5, 0.6) is 0 Å². The van der Waals surface area contributed by atoms with Gasteiger partial charge in [0.05, 0.1) is 0 Å². The van der Waals surface area contributed by atoms with Crippen LogP contribution in [0.2, 0.25) is 0 Å². The first kappa shape index (κ1) is 58.9. The summed E-state index contributed by atoms with van der Waals surface area (Å²) in [5.41, 5.74) is 2.96. The molecule has 0 aromatic rings. The lowest BCUT2D eigenvalue weighted by atomic mass is 9.71. The van der Waals surface area contributed by atoms with Gasteiger partial charge >= 0.3 is 0 Å². The maximum absolute atomic E-state index is 7.40. The molecule has 0 saturated heterocycles. The van der Waals surface area contributed by atoms with Crippen molar-refractivity contribution in [3.05, 3.63) is 0 Å². The second-order valence-corrected chi connectivity index (χ2v) is 26.3. The molecule has 0 aromatic carbocycles. The summed E-state index contributed by atoms with van der Waals surface area (Å²) >= 11 is 0. The fourth-order valence-electron chi connectivity index (χ4n) is 0. The topological polar surface area (TPSA) is 0 Å². The fourth-order valence-corrected chi connectivity index (χ4v) is 0. The summed E-state index contributed by atoms with van der Waals surface area (Å²) in [6.45, 7) is 88.4. The molecule has 0 unspecified atom stereocenters. The van der Waals surface area contributed by atoms with Crippen molar-refractivity contribution >= 4 is 0 Å². The Labute approximate surface area is 469 Å². The van der Waals surface area contributed by atoms with Crippen LogP contribution in [0.25, 0.3) is 0 Å². The second-order valence-electron chi connectivity index (χ2n) is 26.3. The van der Waals surface area contributed by atoms with Gasteiger partial charge in [-0.25, -0.2) is 0 Å². The summed E-state index contributed by atoms with van der Waals surface area (Å²) in [6.07, 6.45) is -4.42. The van der Waals surface area contributed by atoms with E-state index in [4.69, 9.17) is 21.9 Å². The predicted molar refractivity (Wildman–Crippen MR) is 338 cm³/mol. The third-order valence-corrected chi connectivity index (χ3v) is 12.1. The minimum atomic E-state index is -1.73. The Morgan fingerprint density at radius 2 is 0.426 bits per heavy atom. The van der Waals surface area contributed by atoms with Gasteiger partial charge < -0.3 is 0 Å². The van der Waals surface area contributed by atoms with Crippen LogP contribution in [-0.4, -0.2) is 0 Å². The first-order chi connectivity index (χ1) is 35.0. The zero-order valence-electron chi connectivity index (χ0n) is 73.1. The number of hydrogen-bond donors (Lipinski definition) is 0. The van der Waals surface area contributed by atoms with Crippen LogP contribution < -0.4 is 0 Å². The molecule has 0 heteroatoms.